The quantitative estimate of drug-likeness (QED) is 0.752. The summed E-state index contributed by atoms with van der Waals surface area (Å²) in [7, 11) is 3.65. The Kier molecular flexibility index (Phi) is 7.19. The molecular weight excluding hydrogens is 349 g/mol. The molecule has 1 unspecified atom stereocenters. The number of halogens is 2. The Morgan fingerprint density at radius 1 is 1.28 bits per heavy atom. The van der Waals surface area contributed by atoms with Crippen LogP contribution in [-0.2, 0) is 15.3 Å². The molecule has 0 saturated heterocycles. The van der Waals surface area contributed by atoms with E-state index < -0.39 is 23.4 Å². The van der Waals surface area contributed by atoms with Crippen LogP contribution in [0.3, 0.4) is 0 Å². The molecule has 0 spiro atoms. The summed E-state index contributed by atoms with van der Waals surface area (Å²) >= 11 is 5.90. The summed E-state index contributed by atoms with van der Waals surface area (Å²) in [5.74, 6) is -3.80. The lowest BCUT2D eigenvalue weighted by molar-refractivity contribution is -0.136. The third-order valence-corrected chi connectivity index (χ3v) is 3.29. The lowest BCUT2D eigenvalue weighted by atomic mass is 10.0. The fraction of sp³-hybridized carbons (Fsp3) is 0.529. The van der Waals surface area contributed by atoms with Crippen LogP contribution in [0.4, 0.5) is 9.18 Å². The number of alkyl carbamates (subject to hydrolysis) is 1. The second kappa shape index (κ2) is 8.49. The molecule has 1 rings (SSSR count). The van der Waals surface area contributed by atoms with Crippen molar-refractivity contribution in [3.63, 3.8) is 0 Å². The molecule has 0 saturated carbocycles. The van der Waals surface area contributed by atoms with E-state index in [0.717, 1.165) is 0 Å². The van der Waals surface area contributed by atoms with Crippen molar-refractivity contribution in [2.24, 2.45) is 0 Å². The zero-order valence-corrected chi connectivity index (χ0v) is 15.9. The van der Waals surface area contributed by atoms with Crippen molar-refractivity contribution in [3.05, 3.63) is 34.9 Å². The first-order valence-corrected chi connectivity index (χ1v) is 8.21. The fourth-order valence-electron chi connectivity index (χ4n) is 1.92. The lowest BCUT2D eigenvalue weighted by Gasteiger charge is -2.28. The minimum absolute atomic E-state index is 0.0896. The van der Waals surface area contributed by atoms with E-state index in [9.17, 15) is 9.59 Å². The smallest absolute Gasteiger partial charge is 0.410 e. The van der Waals surface area contributed by atoms with Crippen molar-refractivity contribution < 1.29 is 18.7 Å². The minimum Gasteiger partial charge on any atom is -0.444 e. The zero-order valence-electron chi connectivity index (χ0n) is 15.2. The Morgan fingerprint density at radius 3 is 2.44 bits per heavy atom. The van der Waals surface area contributed by atoms with E-state index in [2.05, 4.69) is 5.32 Å². The van der Waals surface area contributed by atoms with Crippen LogP contribution in [-0.4, -0.2) is 49.7 Å². The summed E-state index contributed by atoms with van der Waals surface area (Å²) in [6.45, 7) is 5.66. The average molecular weight is 374 g/mol. The van der Waals surface area contributed by atoms with Crippen LogP contribution in [0.2, 0.25) is 5.02 Å². The van der Waals surface area contributed by atoms with Gasteiger partial charge in [-0.05, 0) is 47.0 Å². The molecule has 1 atom stereocenters. The Hall–Kier alpha value is -1.86. The number of nitrogens with one attached hydrogen (secondary N) is 2. The summed E-state index contributed by atoms with van der Waals surface area (Å²) in [5, 5.41) is 4.73. The van der Waals surface area contributed by atoms with Crippen molar-refractivity contribution in [3.8, 4) is 0 Å². The Morgan fingerprint density at radius 2 is 1.92 bits per heavy atom. The topological polar surface area (TPSA) is 70.7 Å². The number of hydrogen-bond acceptors (Lipinski definition) is 4. The molecule has 6 nitrogen and oxygen atoms in total. The van der Waals surface area contributed by atoms with Gasteiger partial charge in [-0.25, -0.2) is 9.18 Å². The fourth-order valence-corrected chi connectivity index (χ4v) is 2.11. The van der Waals surface area contributed by atoms with Crippen LogP contribution < -0.4 is 10.6 Å². The normalized spacial score (nSPS) is 13.9. The van der Waals surface area contributed by atoms with Crippen molar-refractivity contribution in [2.75, 3.05) is 27.2 Å². The van der Waals surface area contributed by atoms with Crippen molar-refractivity contribution >= 4 is 23.6 Å². The highest BCUT2D eigenvalue weighted by molar-refractivity contribution is 6.30. The van der Waals surface area contributed by atoms with Gasteiger partial charge in [0.05, 0.1) is 0 Å². The summed E-state index contributed by atoms with van der Waals surface area (Å²) in [5.41, 5.74) is -0.922. The molecule has 2 N–H and O–H groups in total. The van der Waals surface area contributed by atoms with E-state index in [0.29, 0.717) is 6.54 Å². The predicted octanol–water partition coefficient (Wildman–Crippen LogP) is 2.66. The first kappa shape index (κ1) is 21.2. The first-order chi connectivity index (χ1) is 11.4. The number of benzene rings is 1. The van der Waals surface area contributed by atoms with Crippen LogP contribution in [0.1, 0.15) is 26.3 Å². The molecule has 1 aromatic rings. The molecule has 0 aliphatic heterocycles. The van der Waals surface area contributed by atoms with Gasteiger partial charge >= 0.3 is 6.09 Å². The number of amides is 2. The van der Waals surface area contributed by atoms with Crippen LogP contribution in [0, 0.1) is 0 Å². The molecule has 0 heterocycles. The standard InChI is InChI=1S/C17H25ClFN3O3/c1-16(2,3)25-15(24)21-17(19,12-7-6-8-13(18)11-12)14(23)20-9-10-22(4)5/h6-8,11H,9-10H2,1-5H3,(H,20,23)(H,21,24). The number of ether oxygens (including phenoxy) is 1. The second-order valence-electron chi connectivity index (χ2n) is 6.85. The van der Waals surface area contributed by atoms with Gasteiger partial charge in [0, 0.05) is 23.7 Å². The van der Waals surface area contributed by atoms with Gasteiger partial charge in [0.2, 0.25) is 0 Å². The Bertz CT molecular complexity index is 619. The maximum Gasteiger partial charge on any atom is 0.410 e. The number of alkyl halides is 1. The van der Waals surface area contributed by atoms with Gasteiger partial charge in [-0.1, -0.05) is 23.7 Å². The molecule has 140 valence electrons. The molecular formula is C17H25ClFN3O3. The van der Waals surface area contributed by atoms with E-state index in [1.807, 2.05) is 24.3 Å². The number of nitrogens with zero attached hydrogens (tertiary/aromatic N) is 1. The van der Waals surface area contributed by atoms with E-state index in [1.165, 1.54) is 18.2 Å². The number of carbonyl (C=O) groups is 2. The highest BCUT2D eigenvalue weighted by atomic mass is 35.5. The number of rotatable bonds is 6. The third kappa shape index (κ3) is 6.88. The average Bonchev–Trinajstić information content (AvgIpc) is 2.44. The lowest BCUT2D eigenvalue weighted by Crippen LogP contribution is -2.55. The predicted molar refractivity (Wildman–Crippen MR) is 95.2 cm³/mol. The highest BCUT2D eigenvalue weighted by Crippen LogP contribution is 2.26. The van der Waals surface area contributed by atoms with E-state index in [1.54, 1.807) is 26.8 Å². The zero-order chi connectivity index (χ0) is 19.3. The Balaban J connectivity index is 3.05. The molecule has 0 aliphatic rings. The third-order valence-electron chi connectivity index (χ3n) is 3.05. The monoisotopic (exact) mass is 373 g/mol. The molecule has 0 bridgehead atoms. The molecule has 0 fully saturated rings. The maximum atomic E-state index is 15.6. The van der Waals surface area contributed by atoms with Gasteiger partial charge in [0.1, 0.15) is 5.60 Å². The van der Waals surface area contributed by atoms with Gasteiger partial charge in [-0.2, -0.15) is 0 Å². The summed E-state index contributed by atoms with van der Waals surface area (Å²) < 4.78 is 20.6. The summed E-state index contributed by atoms with van der Waals surface area (Å²) in [4.78, 5) is 26.3. The van der Waals surface area contributed by atoms with Crippen molar-refractivity contribution in [1.29, 1.82) is 0 Å². The van der Waals surface area contributed by atoms with Gasteiger partial charge in [0.15, 0.2) is 0 Å². The van der Waals surface area contributed by atoms with Gasteiger partial charge in [0.25, 0.3) is 11.7 Å². The maximum absolute atomic E-state index is 15.6. The van der Waals surface area contributed by atoms with Gasteiger partial charge < -0.3 is 15.0 Å². The molecule has 0 radical (unpaired) electrons. The van der Waals surface area contributed by atoms with E-state index in [-0.39, 0.29) is 17.1 Å². The second-order valence-corrected chi connectivity index (χ2v) is 7.29. The van der Waals surface area contributed by atoms with Gasteiger partial charge in [-0.3, -0.25) is 10.1 Å². The SMILES string of the molecule is CN(C)CCNC(=O)C(F)(NC(=O)OC(C)(C)C)c1cccc(Cl)c1. The van der Waals surface area contributed by atoms with E-state index >= 15 is 4.39 Å². The van der Waals surface area contributed by atoms with Crippen molar-refractivity contribution in [2.45, 2.75) is 32.2 Å². The minimum atomic E-state index is -2.81. The van der Waals surface area contributed by atoms with Crippen LogP contribution in [0.25, 0.3) is 0 Å². The molecule has 8 heteroatoms. The number of hydrogen-bond donors (Lipinski definition) is 2. The molecule has 2 amide bonds. The molecule has 0 aromatic heterocycles. The molecule has 0 aliphatic carbocycles. The van der Waals surface area contributed by atoms with E-state index in [4.69, 9.17) is 16.3 Å². The largest absolute Gasteiger partial charge is 0.444 e. The number of carbonyl (C=O) groups excluding carboxylic acids is 2. The summed E-state index contributed by atoms with van der Waals surface area (Å²) in [6, 6.07) is 5.69. The Labute approximate surface area is 152 Å². The van der Waals surface area contributed by atoms with Gasteiger partial charge in [-0.15, -0.1) is 0 Å². The molecule has 25 heavy (non-hydrogen) atoms. The highest BCUT2D eigenvalue weighted by Gasteiger charge is 2.43. The van der Waals surface area contributed by atoms with Crippen LogP contribution >= 0.6 is 11.6 Å². The van der Waals surface area contributed by atoms with Crippen molar-refractivity contribution in [1.82, 2.24) is 15.5 Å². The van der Waals surface area contributed by atoms with Crippen LogP contribution in [0.5, 0.6) is 0 Å². The molecule has 1 aromatic carbocycles. The summed E-state index contributed by atoms with van der Waals surface area (Å²) in [6.07, 6.45) is -1.04. The number of likely N-dealkylation sites (N-methyl/N-ethyl adjacent to an activating group) is 1. The van der Waals surface area contributed by atoms with Crippen LogP contribution in [0.15, 0.2) is 24.3 Å². The first-order valence-electron chi connectivity index (χ1n) is 7.83.